The second-order valence-corrected chi connectivity index (χ2v) is 7.91. The summed E-state index contributed by atoms with van der Waals surface area (Å²) < 4.78 is 50.4. The molecule has 0 saturated heterocycles. The van der Waals surface area contributed by atoms with Crippen molar-refractivity contribution in [2.75, 3.05) is 19.8 Å². The molecular weight excluding hydrogens is 415 g/mol. The molecule has 2 nitrogen and oxygen atoms in total. The molecule has 0 aromatic heterocycles. The van der Waals surface area contributed by atoms with Gasteiger partial charge in [0.25, 0.3) is 0 Å². The fraction of sp³-hybridized carbons (Fsp3) is 0.182. The van der Waals surface area contributed by atoms with Gasteiger partial charge in [0.1, 0.15) is 17.5 Å². The zero-order valence-electron chi connectivity index (χ0n) is 16.5. The second kappa shape index (κ2) is 12.3. The first kappa shape index (κ1) is 23.8. The summed E-state index contributed by atoms with van der Waals surface area (Å²) >= 11 is 0. The third-order valence-corrected chi connectivity index (χ3v) is 5.98. The van der Waals surface area contributed by atoms with Crippen molar-refractivity contribution >= 4 is 18.1 Å². The van der Waals surface area contributed by atoms with Gasteiger partial charge in [0.15, 0.2) is 15.5 Å². The Labute approximate surface area is 177 Å². The first-order valence-electron chi connectivity index (χ1n) is 9.41. The molecule has 0 saturated carbocycles. The molecule has 0 bridgehead atoms. The van der Waals surface area contributed by atoms with Crippen LogP contribution in [0.1, 0.15) is 6.92 Å². The third-order valence-electron chi connectivity index (χ3n) is 3.72. The molecule has 0 radical (unpaired) electrons. The first-order valence-corrected chi connectivity index (χ1v) is 10.6. The monoisotopic (exact) mass is 438 g/mol. The standard InChI is InChI=1S/C22H23O2S.BF4/c1-2-23-17-18-24-21-15-9-10-16-22(21)25(19-11-5-3-6-12-19)20-13-7-4-8-14-20;2-1(3,4)5/h3-16H,2,17-18H2,1H3;/q+1;-1. The lowest BCUT2D eigenvalue weighted by Crippen LogP contribution is -2.11. The van der Waals surface area contributed by atoms with Gasteiger partial charge in [-0.3, -0.25) is 0 Å². The van der Waals surface area contributed by atoms with Crippen LogP contribution < -0.4 is 4.74 Å². The minimum absolute atomic E-state index is 0.199. The van der Waals surface area contributed by atoms with E-state index in [2.05, 4.69) is 72.8 Å². The minimum Gasteiger partial charge on any atom is -0.486 e. The van der Waals surface area contributed by atoms with Crippen molar-refractivity contribution in [2.24, 2.45) is 0 Å². The quantitative estimate of drug-likeness (QED) is 0.173. The van der Waals surface area contributed by atoms with Crippen molar-refractivity contribution in [1.82, 2.24) is 0 Å². The number of para-hydroxylation sites is 1. The molecule has 0 aliphatic heterocycles. The van der Waals surface area contributed by atoms with Crippen LogP contribution in [0.2, 0.25) is 0 Å². The average Bonchev–Trinajstić information content (AvgIpc) is 2.73. The Kier molecular flexibility index (Phi) is 9.77. The van der Waals surface area contributed by atoms with Crippen LogP contribution in [0.15, 0.2) is 99.6 Å². The number of rotatable bonds is 8. The maximum atomic E-state index is 9.75. The molecule has 160 valence electrons. The molecule has 3 aromatic rings. The molecule has 30 heavy (non-hydrogen) atoms. The van der Waals surface area contributed by atoms with Gasteiger partial charge in [0.05, 0.1) is 6.61 Å². The van der Waals surface area contributed by atoms with Crippen molar-refractivity contribution in [3.05, 3.63) is 84.9 Å². The molecule has 0 unspecified atom stereocenters. The minimum atomic E-state index is -6.00. The first-order chi connectivity index (χ1) is 14.4. The van der Waals surface area contributed by atoms with E-state index in [0.29, 0.717) is 19.8 Å². The van der Waals surface area contributed by atoms with Crippen molar-refractivity contribution in [3.8, 4) is 5.75 Å². The fourth-order valence-corrected chi connectivity index (χ4v) is 4.78. The average molecular weight is 438 g/mol. The molecular formula is C22H23BF4O2S. The highest BCUT2D eigenvalue weighted by Gasteiger charge is 2.31. The van der Waals surface area contributed by atoms with Gasteiger partial charge in [-0.05, 0) is 43.3 Å². The topological polar surface area (TPSA) is 18.5 Å². The zero-order valence-corrected chi connectivity index (χ0v) is 17.3. The van der Waals surface area contributed by atoms with E-state index >= 15 is 0 Å². The second-order valence-electron chi connectivity index (χ2n) is 5.92. The van der Waals surface area contributed by atoms with Crippen LogP contribution in [0.5, 0.6) is 5.75 Å². The summed E-state index contributed by atoms with van der Waals surface area (Å²) in [5, 5.41) is 0. The fourth-order valence-electron chi connectivity index (χ4n) is 2.60. The van der Waals surface area contributed by atoms with Gasteiger partial charge < -0.3 is 26.7 Å². The highest BCUT2D eigenvalue weighted by molar-refractivity contribution is 7.97. The predicted octanol–water partition coefficient (Wildman–Crippen LogP) is 6.50. The summed E-state index contributed by atoms with van der Waals surface area (Å²) in [6, 6.07) is 29.6. The van der Waals surface area contributed by atoms with Crippen molar-refractivity contribution in [2.45, 2.75) is 21.6 Å². The molecule has 8 heteroatoms. The van der Waals surface area contributed by atoms with Crippen molar-refractivity contribution in [3.63, 3.8) is 0 Å². The van der Waals surface area contributed by atoms with Crippen LogP contribution in [-0.2, 0) is 15.6 Å². The maximum absolute atomic E-state index is 9.75. The molecule has 0 heterocycles. The Bertz CT molecular complexity index is 818. The van der Waals surface area contributed by atoms with E-state index < -0.39 is 7.25 Å². The Morgan fingerprint density at radius 3 is 1.67 bits per heavy atom. The Morgan fingerprint density at radius 1 is 0.700 bits per heavy atom. The van der Waals surface area contributed by atoms with E-state index in [1.54, 1.807) is 0 Å². The van der Waals surface area contributed by atoms with E-state index in [4.69, 9.17) is 9.47 Å². The van der Waals surface area contributed by atoms with Gasteiger partial charge in [0, 0.05) is 6.61 Å². The molecule has 0 amide bonds. The van der Waals surface area contributed by atoms with Crippen LogP contribution >= 0.6 is 0 Å². The normalized spacial score (nSPS) is 11.0. The number of benzene rings is 3. The van der Waals surface area contributed by atoms with Crippen molar-refractivity contribution < 1.29 is 26.7 Å². The van der Waals surface area contributed by atoms with Crippen LogP contribution in [0.25, 0.3) is 0 Å². The molecule has 0 fully saturated rings. The number of hydrogen-bond donors (Lipinski definition) is 0. The SMILES string of the molecule is CCOCCOc1ccccc1[S+](c1ccccc1)c1ccccc1.F[B-](F)(F)F. The van der Waals surface area contributed by atoms with Crippen LogP contribution in [-0.4, -0.2) is 27.1 Å². The largest absolute Gasteiger partial charge is 0.673 e. The Balaban J connectivity index is 0.000000575. The summed E-state index contributed by atoms with van der Waals surface area (Å²) in [5.41, 5.74) is 0. The van der Waals surface area contributed by atoms with Gasteiger partial charge >= 0.3 is 7.25 Å². The highest BCUT2D eigenvalue weighted by atomic mass is 32.2. The maximum Gasteiger partial charge on any atom is 0.673 e. The molecule has 0 spiro atoms. The lowest BCUT2D eigenvalue weighted by Gasteiger charge is -2.13. The number of hydrogen-bond acceptors (Lipinski definition) is 2. The molecule has 0 aliphatic rings. The summed E-state index contributed by atoms with van der Waals surface area (Å²) in [6.45, 7) is 3.88. The Hall–Kier alpha value is -2.45. The van der Waals surface area contributed by atoms with Crippen LogP contribution in [0, 0.1) is 0 Å². The predicted molar refractivity (Wildman–Crippen MR) is 114 cm³/mol. The number of halogens is 4. The molecule has 0 N–H and O–H groups in total. The van der Waals surface area contributed by atoms with Crippen molar-refractivity contribution in [1.29, 1.82) is 0 Å². The van der Waals surface area contributed by atoms with Gasteiger partial charge in [-0.2, -0.15) is 0 Å². The zero-order chi connectivity index (χ0) is 21.8. The van der Waals surface area contributed by atoms with Gasteiger partial charge in [-0.25, -0.2) is 0 Å². The van der Waals surface area contributed by atoms with E-state index in [1.807, 2.05) is 19.1 Å². The molecule has 0 atom stereocenters. The summed E-state index contributed by atoms with van der Waals surface area (Å²) in [7, 11) is -6.20. The van der Waals surface area contributed by atoms with Crippen LogP contribution in [0.4, 0.5) is 17.3 Å². The van der Waals surface area contributed by atoms with Gasteiger partial charge in [-0.1, -0.05) is 48.5 Å². The molecule has 3 rings (SSSR count). The molecule has 3 aromatic carbocycles. The summed E-state index contributed by atoms with van der Waals surface area (Å²) in [6.07, 6.45) is 0. The Morgan fingerprint density at radius 2 is 1.17 bits per heavy atom. The van der Waals surface area contributed by atoms with E-state index in [9.17, 15) is 17.3 Å². The van der Waals surface area contributed by atoms with E-state index in [0.717, 1.165) is 5.75 Å². The number of ether oxygens (including phenoxy) is 2. The lowest BCUT2D eigenvalue weighted by molar-refractivity contribution is 0.109. The lowest BCUT2D eigenvalue weighted by atomic mass is 10.3. The summed E-state index contributed by atoms with van der Waals surface area (Å²) in [4.78, 5) is 3.78. The van der Waals surface area contributed by atoms with Crippen LogP contribution in [0.3, 0.4) is 0 Å². The van der Waals surface area contributed by atoms with E-state index in [1.165, 1.54) is 14.7 Å². The van der Waals surface area contributed by atoms with E-state index in [-0.39, 0.29) is 10.9 Å². The summed E-state index contributed by atoms with van der Waals surface area (Å²) in [5.74, 6) is 0.929. The third kappa shape index (κ3) is 8.51. The molecule has 0 aliphatic carbocycles. The highest BCUT2D eigenvalue weighted by Crippen LogP contribution is 2.36. The smallest absolute Gasteiger partial charge is 0.486 e. The van der Waals surface area contributed by atoms with Gasteiger partial charge in [-0.15, -0.1) is 0 Å². The van der Waals surface area contributed by atoms with Gasteiger partial charge in [0.2, 0.25) is 4.90 Å².